The minimum absolute atomic E-state index is 0.0104. The second-order valence-corrected chi connectivity index (χ2v) is 7.91. The number of amides is 1. The molecule has 0 aliphatic carbocycles. The van der Waals surface area contributed by atoms with E-state index in [2.05, 4.69) is 11.1 Å². The Morgan fingerprint density at radius 1 is 1.03 bits per heavy atom. The molecule has 0 atom stereocenters. The number of aromatic nitrogens is 1. The molecule has 2 aromatic carbocycles. The molecule has 0 saturated carbocycles. The molecule has 0 unspecified atom stereocenters. The second-order valence-electron chi connectivity index (χ2n) is 7.91. The zero-order valence-electron chi connectivity index (χ0n) is 19.4. The fourth-order valence-corrected chi connectivity index (χ4v) is 3.80. The predicted molar refractivity (Wildman–Crippen MR) is 129 cm³/mol. The molecule has 1 aliphatic heterocycles. The van der Waals surface area contributed by atoms with Crippen LogP contribution >= 0.6 is 0 Å². The van der Waals surface area contributed by atoms with Crippen molar-refractivity contribution in [1.29, 1.82) is 5.26 Å². The first kappa shape index (κ1) is 22.9. The van der Waals surface area contributed by atoms with Crippen LogP contribution in [0.25, 0.3) is 12.2 Å². The zero-order valence-corrected chi connectivity index (χ0v) is 19.4. The van der Waals surface area contributed by atoms with Crippen molar-refractivity contribution in [3.63, 3.8) is 0 Å². The molecule has 8 heteroatoms. The Kier molecular flexibility index (Phi) is 6.83. The van der Waals surface area contributed by atoms with Crippen LogP contribution in [0.1, 0.15) is 33.1 Å². The number of carbonyl (C=O) groups excluding carboxylic acids is 1. The Hall–Kier alpha value is -4.25. The van der Waals surface area contributed by atoms with Crippen molar-refractivity contribution in [3.8, 4) is 17.6 Å². The van der Waals surface area contributed by atoms with Crippen molar-refractivity contribution in [2.24, 2.45) is 0 Å². The lowest BCUT2D eigenvalue weighted by molar-refractivity contribution is 0.0745. The number of rotatable bonds is 6. The van der Waals surface area contributed by atoms with Crippen LogP contribution in [0, 0.1) is 18.3 Å². The molecular formula is C26H26N4O4. The molecule has 174 valence electrons. The molecule has 8 nitrogen and oxygen atoms in total. The Labute approximate surface area is 198 Å². The lowest BCUT2D eigenvalue weighted by atomic mass is 10.1. The molecule has 34 heavy (non-hydrogen) atoms. The summed E-state index contributed by atoms with van der Waals surface area (Å²) in [5.74, 6) is 2.03. The minimum atomic E-state index is 0.0104. The highest BCUT2D eigenvalue weighted by Crippen LogP contribution is 2.29. The monoisotopic (exact) mass is 458 g/mol. The molecule has 1 aromatic heterocycles. The third-order valence-corrected chi connectivity index (χ3v) is 5.71. The topological polar surface area (TPSA) is 91.8 Å². The minimum Gasteiger partial charge on any atom is -0.493 e. The first-order valence-electron chi connectivity index (χ1n) is 10.9. The molecule has 1 aliphatic rings. The summed E-state index contributed by atoms with van der Waals surface area (Å²) < 4.78 is 16.5. The molecule has 0 bridgehead atoms. The van der Waals surface area contributed by atoms with Crippen molar-refractivity contribution in [2.75, 3.05) is 45.3 Å². The Morgan fingerprint density at radius 3 is 2.38 bits per heavy atom. The van der Waals surface area contributed by atoms with Crippen LogP contribution in [0.3, 0.4) is 0 Å². The summed E-state index contributed by atoms with van der Waals surface area (Å²) in [6.07, 6.45) is 3.54. The van der Waals surface area contributed by atoms with Gasteiger partial charge in [0.1, 0.15) is 6.07 Å². The van der Waals surface area contributed by atoms with Gasteiger partial charge in [-0.2, -0.15) is 10.2 Å². The lowest BCUT2D eigenvalue weighted by Crippen LogP contribution is -2.48. The highest BCUT2D eigenvalue weighted by Gasteiger charge is 2.26. The molecular weight excluding hydrogens is 432 g/mol. The third-order valence-electron chi connectivity index (χ3n) is 5.71. The van der Waals surface area contributed by atoms with Crippen molar-refractivity contribution in [2.45, 2.75) is 6.92 Å². The Bertz CT molecular complexity index is 1230. The Balaban J connectivity index is 1.44. The van der Waals surface area contributed by atoms with Crippen LogP contribution in [0.2, 0.25) is 0 Å². The molecule has 1 saturated heterocycles. The molecule has 0 N–H and O–H groups in total. The SMILES string of the molecule is COc1ccc(C=Cc2nc(C#N)c(N3CCN(C(=O)c4ccc(C)cc4)CC3)o2)cc1OC. The number of aryl methyl sites for hydroxylation is 1. The van der Waals surface area contributed by atoms with E-state index < -0.39 is 0 Å². The van der Waals surface area contributed by atoms with Crippen molar-refractivity contribution < 1.29 is 18.7 Å². The summed E-state index contributed by atoms with van der Waals surface area (Å²) in [4.78, 5) is 20.9. The molecule has 0 radical (unpaired) electrons. The zero-order chi connectivity index (χ0) is 24.1. The average Bonchev–Trinajstić information content (AvgIpc) is 3.30. The highest BCUT2D eigenvalue weighted by molar-refractivity contribution is 5.94. The number of nitriles is 1. The molecule has 3 aromatic rings. The van der Waals surface area contributed by atoms with E-state index in [0.717, 1.165) is 11.1 Å². The molecule has 2 heterocycles. The van der Waals surface area contributed by atoms with E-state index in [1.165, 1.54) is 0 Å². The summed E-state index contributed by atoms with van der Waals surface area (Å²) in [7, 11) is 3.17. The highest BCUT2D eigenvalue weighted by atomic mass is 16.5. The van der Waals surface area contributed by atoms with E-state index >= 15 is 0 Å². The van der Waals surface area contributed by atoms with Gasteiger partial charge in [-0.15, -0.1) is 0 Å². The standard InChI is InChI=1S/C26H26N4O4/c1-18-4-8-20(9-5-18)25(31)29-12-14-30(15-13-29)26-21(17-27)28-24(34-26)11-7-19-6-10-22(32-2)23(16-19)33-3/h4-11,16H,12-15H2,1-3H3. The normalized spacial score (nSPS) is 13.7. The second kappa shape index (κ2) is 10.1. The first-order valence-corrected chi connectivity index (χ1v) is 10.9. The largest absolute Gasteiger partial charge is 0.493 e. The van der Waals surface area contributed by atoms with Gasteiger partial charge < -0.3 is 23.7 Å². The number of hydrogen-bond donors (Lipinski definition) is 0. The molecule has 1 amide bonds. The number of carbonyl (C=O) groups is 1. The fourth-order valence-electron chi connectivity index (χ4n) is 3.80. The lowest BCUT2D eigenvalue weighted by Gasteiger charge is -2.34. The van der Waals surface area contributed by atoms with Crippen molar-refractivity contribution in [3.05, 3.63) is 70.7 Å². The maximum absolute atomic E-state index is 12.8. The van der Waals surface area contributed by atoms with Gasteiger partial charge in [0, 0.05) is 37.8 Å². The average molecular weight is 459 g/mol. The van der Waals surface area contributed by atoms with Crippen molar-refractivity contribution >= 4 is 23.9 Å². The van der Waals surface area contributed by atoms with Crippen LogP contribution in [0.15, 0.2) is 46.9 Å². The van der Waals surface area contributed by atoms with Gasteiger partial charge in [-0.05, 0) is 42.8 Å². The van der Waals surface area contributed by atoms with Crippen LogP contribution < -0.4 is 14.4 Å². The number of ether oxygens (including phenoxy) is 2. The maximum Gasteiger partial charge on any atom is 0.253 e. The summed E-state index contributed by atoms with van der Waals surface area (Å²) in [5, 5.41) is 9.57. The van der Waals surface area contributed by atoms with E-state index in [-0.39, 0.29) is 11.6 Å². The summed E-state index contributed by atoms with van der Waals surface area (Å²) >= 11 is 0. The number of nitrogens with zero attached hydrogens (tertiary/aromatic N) is 4. The van der Waals surface area contributed by atoms with E-state index in [1.807, 2.05) is 65.3 Å². The van der Waals surface area contributed by atoms with Crippen LogP contribution in [0.4, 0.5) is 5.88 Å². The number of benzene rings is 2. The van der Waals surface area contributed by atoms with Crippen LogP contribution in [0.5, 0.6) is 11.5 Å². The quantitative estimate of drug-likeness (QED) is 0.551. The van der Waals surface area contributed by atoms with Gasteiger partial charge in [-0.1, -0.05) is 23.8 Å². The molecule has 1 fully saturated rings. The van der Waals surface area contributed by atoms with Gasteiger partial charge in [-0.3, -0.25) is 4.79 Å². The van der Waals surface area contributed by atoms with Crippen molar-refractivity contribution in [1.82, 2.24) is 9.88 Å². The molecule has 4 rings (SSSR count). The fraction of sp³-hybridized carbons (Fsp3) is 0.269. The predicted octanol–water partition coefficient (Wildman–Crippen LogP) is 4.00. The smallest absolute Gasteiger partial charge is 0.253 e. The van der Waals surface area contributed by atoms with Crippen LogP contribution in [-0.2, 0) is 0 Å². The first-order chi connectivity index (χ1) is 16.5. The number of methoxy groups -OCH3 is 2. The van der Waals surface area contributed by atoms with E-state index in [1.54, 1.807) is 20.3 Å². The van der Waals surface area contributed by atoms with Gasteiger partial charge in [-0.25, -0.2) is 0 Å². The molecule has 0 spiro atoms. The van der Waals surface area contributed by atoms with Crippen LogP contribution in [-0.4, -0.2) is 56.2 Å². The number of piperazine rings is 1. The number of oxazole rings is 1. The van der Waals surface area contributed by atoms with E-state index in [0.29, 0.717) is 55.0 Å². The number of hydrogen-bond acceptors (Lipinski definition) is 7. The van der Waals surface area contributed by atoms with Gasteiger partial charge in [0.25, 0.3) is 5.91 Å². The summed E-state index contributed by atoms with van der Waals surface area (Å²) in [6.45, 7) is 4.18. The van der Waals surface area contributed by atoms with Gasteiger partial charge >= 0.3 is 0 Å². The van der Waals surface area contributed by atoms with E-state index in [9.17, 15) is 10.1 Å². The van der Waals surface area contributed by atoms with Gasteiger partial charge in [0.05, 0.1) is 14.2 Å². The maximum atomic E-state index is 12.8. The summed E-state index contributed by atoms with van der Waals surface area (Å²) in [5.41, 5.74) is 2.90. The van der Waals surface area contributed by atoms with Gasteiger partial charge in [0.2, 0.25) is 17.5 Å². The van der Waals surface area contributed by atoms with E-state index in [4.69, 9.17) is 13.9 Å². The third kappa shape index (κ3) is 4.89. The number of anilines is 1. The van der Waals surface area contributed by atoms with Gasteiger partial charge in [0.15, 0.2) is 11.5 Å². The Morgan fingerprint density at radius 2 is 1.74 bits per heavy atom. The summed E-state index contributed by atoms with van der Waals surface area (Å²) in [6, 6.07) is 15.2.